The number of guanidine groups is 1. The fourth-order valence-electron chi connectivity index (χ4n) is 3.48. The van der Waals surface area contributed by atoms with Crippen molar-refractivity contribution in [1.29, 1.82) is 0 Å². The molecule has 0 aromatic heterocycles. The monoisotopic (exact) mass is 345 g/mol. The van der Waals surface area contributed by atoms with Crippen molar-refractivity contribution in [3.8, 4) is 0 Å². The molecule has 0 aromatic rings. The average Bonchev–Trinajstić information content (AvgIpc) is 3.13. The smallest absolute Gasteiger partial charge is 0.208 e. The molecule has 23 heavy (non-hydrogen) atoms. The summed E-state index contributed by atoms with van der Waals surface area (Å²) in [5, 5.41) is 6.59. The first kappa shape index (κ1) is 18.5. The summed E-state index contributed by atoms with van der Waals surface area (Å²) in [6.07, 6.45) is 7.89. The molecular weight excluding hydrogens is 314 g/mol. The number of rotatable bonds is 7. The second kappa shape index (κ2) is 8.84. The highest BCUT2D eigenvalue weighted by molar-refractivity contribution is 7.88. The van der Waals surface area contributed by atoms with Gasteiger partial charge in [-0.25, -0.2) is 13.1 Å². The minimum absolute atomic E-state index is 0.359. The summed E-state index contributed by atoms with van der Waals surface area (Å²) < 4.78 is 24.5. The Kier molecular flexibility index (Phi) is 7.10. The Morgan fingerprint density at radius 1 is 1.22 bits per heavy atom. The van der Waals surface area contributed by atoms with Crippen LogP contribution in [-0.2, 0) is 10.0 Å². The summed E-state index contributed by atoms with van der Waals surface area (Å²) in [6, 6.07) is 0.422. The maximum atomic E-state index is 11.0. The molecule has 3 N–H and O–H groups in total. The predicted octanol–water partition coefficient (Wildman–Crippen LogP) is -0.0349. The zero-order chi connectivity index (χ0) is 16.7. The topological polar surface area (TPSA) is 85.8 Å². The van der Waals surface area contributed by atoms with Gasteiger partial charge in [-0.1, -0.05) is 12.8 Å². The van der Waals surface area contributed by atoms with E-state index in [0.717, 1.165) is 37.6 Å². The Morgan fingerprint density at radius 2 is 1.96 bits per heavy atom. The molecule has 2 rings (SSSR count). The van der Waals surface area contributed by atoms with Gasteiger partial charge in [0.2, 0.25) is 10.0 Å². The lowest BCUT2D eigenvalue weighted by Crippen LogP contribution is -2.46. The van der Waals surface area contributed by atoms with Crippen molar-refractivity contribution in [2.75, 3.05) is 46.0 Å². The molecule has 1 saturated heterocycles. The summed E-state index contributed by atoms with van der Waals surface area (Å²) in [7, 11) is -1.39. The zero-order valence-corrected chi connectivity index (χ0v) is 15.2. The van der Waals surface area contributed by atoms with Crippen LogP contribution in [-0.4, -0.2) is 71.3 Å². The molecule has 2 aliphatic rings. The van der Waals surface area contributed by atoms with Crippen molar-refractivity contribution >= 4 is 16.0 Å². The summed E-state index contributed by atoms with van der Waals surface area (Å²) in [6.45, 7) is 4.34. The predicted molar refractivity (Wildman–Crippen MR) is 94.1 cm³/mol. The average molecular weight is 346 g/mol. The lowest BCUT2D eigenvalue weighted by Gasteiger charge is -2.21. The molecular formula is C15H31N5O2S. The molecule has 0 spiro atoms. The molecule has 0 aromatic carbocycles. The van der Waals surface area contributed by atoms with Crippen LogP contribution in [0.4, 0.5) is 0 Å². The number of aliphatic imine (C=N–C) groups is 1. The molecule has 1 aliphatic carbocycles. The molecule has 0 bridgehead atoms. The van der Waals surface area contributed by atoms with Gasteiger partial charge < -0.3 is 15.5 Å². The van der Waals surface area contributed by atoms with E-state index in [-0.39, 0.29) is 0 Å². The van der Waals surface area contributed by atoms with Crippen molar-refractivity contribution in [1.82, 2.24) is 20.3 Å². The van der Waals surface area contributed by atoms with Gasteiger partial charge in [-0.15, -0.1) is 0 Å². The Hall–Kier alpha value is -0.860. The first-order valence-electron chi connectivity index (χ1n) is 8.60. The first-order chi connectivity index (χ1) is 11.0. The number of hydrogen-bond donors (Lipinski definition) is 3. The normalized spacial score (nSPS) is 24.3. The molecule has 134 valence electrons. The minimum atomic E-state index is -3.13. The van der Waals surface area contributed by atoms with Gasteiger partial charge in [0, 0.05) is 45.8 Å². The summed E-state index contributed by atoms with van der Waals surface area (Å²) >= 11 is 0. The van der Waals surface area contributed by atoms with Crippen molar-refractivity contribution < 1.29 is 8.42 Å². The van der Waals surface area contributed by atoms with Crippen LogP contribution in [0.1, 0.15) is 32.1 Å². The van der Waals surface area contributed by atoms with E-state index >= 15 is 0 Å². The van der Waals surface area contributed by atoms with Gasteiger partial charge in [0.15, 0.2) is 5.96 Å². The molecule has 1 heterocycles. The van der Waals surface area contributed by atoms with E-state index < -0.39 is 10.0 Å². The molecule has 1 atom stereocenters. The Morgan fingerprint density at radius 3 is 2.61 bits per heavy atom. The van der Waals surface area contributed by atoms with E-state index in [2.05, 4.69) is 25.2 Å². The summed E-state index contributed by atoms with van der Waals surface area (Å²) in [5.74, 6) is 1.64. The lowest BCUT2D eigenvalue weighted by molar-refractivity contribution is 0.275. The van der Waals surface area contributed by atoms with Crippen molar-refractivity contribution in [2.45, 2.75) is 38.1 Å². The number of sulfonamides is 1. The Bertz CT molecular complexity index is 488. The fraction of sp³-hybridized carbons (Fsp3) is 0.933. The van der Waals surface area contributed by atoms with Crippen LogP contribution in [0.15, 0.2) is 4.99 Å². The third-order valence-electron chi connectivity index (χ3n) is 4.61. The first-order valence-corrected chi connectivity index (χ1v) is 10.5. The van der Waals surface area contributed by atoms with Crippen LogP contribution in [0, 0.1) is 5.92 Å². The molecule has 0 amide bonds. The van der Waals surface area contributed by atoms with Crippen LogP contribution in [0.3, 0.4) is 0 Å². The van der Waals surface area contributed by atoms with E-state index in [9.17, 15) is 8.42 Å². The lowest BCUT2D eigenvalue weighted by atomic mass is 10.1. The third-order valence-corrected chi connectivity index (χ3v) is 5.34. The second-order valence-electron chi connectivity index (χ2n) is 6.71. The molecule has 1 aliphatic heterocycles. The van der Waals surface area contributed by atoms with E-state index in [1.165, 1.54) is 32.2 Å². The van der Waals surface area contributed by atoms with Crippen molar-refractivity contribution in [3.63, 3.8) is 0 Å². The number of nitrogens with zero attached hydrogens (tertiary/aromatic N) is 2. The molecule has 8 heteroatoms. The van der Waals surface area contributed by atoms with Gasteiger partial charge in [-0.3, -0.25) is 4.99 Å². The molecule has 1 saturated carbocycles. The molecule has 7 nitrogen and oxygen atoms in total. The highest BCUT2D eigenvalue weighted by Crippen LogP contribution is 2.26. The highest BCUT2D eigenvalue weighted by Gasteiger charge is 2.26. The van der Waals surface area contributed by atoms with Gasteiger partial charge in [-0.2, -0.15) is 0 Å². The maximum absolute atomic E-state index is 11.0. The molecule has 0 radical (unpaired) electrons. The Balaban J connectivity index is 1.64. The van der Waals surface area contributed by atoms with Gasteiger partial charge >= 0.3 is 0 Å². The zero-order valence-electron chi connectivity index (χ0n) is 14.3. The van der Waals surface area contributed by atoms with E-state index in [4.69, 9.17) is 0 Å². The Labute approximate surface area is 140 Å². The van der Waals surface area contributed by atoms with Gasteiger partial charge in [-0.05, 0) is 25.2 Å². The fourth-order valence-corrected chi connectivity index (χ4v) is 3.95. The quantitative estimate of drug-likeness (QED) is 0.343. The number of hydrogen-bond acceptors (Lipinski definition) is 4. The summed E-state index contributed by atoms with van der Waals surface area (Å²) in [5.41, 5.74) is 0. The van der Waals surface area contributed by atoms with Gasteiger partial charge in [0.05, 0.1) is 6.26 Å². The van der Waals surface area contributed by atoms with Crippen LogP contribution in [0.5, 0.6) is 0 Å². The standard InChI is InChI=1S/C15H31N5O2S/c1-16-15(17-8-9-18-23(2,21)22)19-14-7-10-20(12-14)11-13-5-3-4-6-13/h13-14,18H,3-12H2,1-2H3,(H2,16,17,19). The van der Waals surface area contributed by atoms with Crippen molar-refractivity contribution in [2.24, 2.45) is 10.9 Å². The van der Waals surface area contributed by atoms with Gasteiger partial charge in [0.25, 0.3) is 0 Å². The van der Waals surface area contributed by atoms with E-state index in [1.807, 2.05) is 0 Å². The highest BCUT2D eigenvalue weighted by atomic mass is 32.2. The van der Waals surface area contributed by atoms with Crippen LogP contribution in [0.2, 0.25) is 0 Å². The van der Waals surface area contributed by atoms with E-state index in [1.54, 1.807) is 7.05 Å². The third kappa shape index (κ3) is 7.05. The van der Waals surface area contributed by atoms with Crippen molar-refractivity contribution in [3.05, 3.63) is 0 Å². The second-order valence-corrected chi connectivity index (χ2v) is 8.54. The molecule has 1 unspecified atom stereocenters. The van der Waals surface area contributed by atoms with Crippen LogP contribution < -0.4 is 15.4 Å². The van der Waals surface area contributed by atoms with Crippen LogP contribution in [0.25, 0.3) is 0 Å². The SMILES string of the molecule is CN=C(NCCNS(C)(=O)=O)NC1CCN(CC2CCCC2)C1. The van der Waals surface area contributed by atoms with Crippen LogP contribution >= 0.6 is 0 Å². The largest absolute Gasteiger partial charge is 0.355 e. The summed E-state index contributed by atoms with van der Waals surface area (Å²) in [4.78, 5) is 6.77. The maximum Gasteiger partial charge on any atom is 0.208 e. The minimum Gasteiger partial charge on any atom is -0.355 e. The number of likely N-dealkylation sites (tertiary alicyclic amines) is 1. The van der Waals surface area contributed by atoms with Gasteiger partial charge in [0.1, 0.15) is 0 Å². The molecule has 2 fully saturated rings. The number of nitrogens with one attached hydrogen (secondary N) is 3. The van der Waals surface area contributed by atoms with E-state index in [0.29, 0.717) is 19.1 Å².